The van der Waals surface area contributed by atoms with E-state index in [-0.39, 0.29) is 23.9 Å². The number of H-pyrrole nitrogens is 1. The maximum Gasteiger partial charge on any atom is 0.273 e. The van der Waals surface area contributed by atoms with Crippen molar-refractivity contribution in [2.24, 2.45) is 0 Å². The minimum absolute atomic E-state index is 0.175. The van der Waals surface area contributed by atoms with Gasteiger partial charge in [0.05, 0.1) is 16.9 Å². The number of nitrogens with zero attached hydrogens (tertiary/aromatic N) is 2. The molecular weight excluding hydrogens is 396 g/mol. The highest BCUT2D eigenvalue weighted by Gasteiger charge is 2.16. The highest BCUT2D eigenvalue weighted by molar-refractivity contribution is 5.81. The van der Waals surface area contributed by atoms with Crippen LogP contribution < -0.4 is 16.4 Å². The Bertz CT molecular complexity index is 1170. The Balaban J connectivity index is 1.33. The molecule has 0 radical (unpaired) electrons. The summed E-state index contributed by atoms with van der Waals surface area (Å²) < 4.78 is 1.04. The van der Waals surface area contributed by atoms with Crippen LogP contribution in [-0.4, -0.2) is 44.9 Å². The van der Waals surface area contributed by atoms with Crippen molar-refractivity contribution in [3.8, 4) is 0 Å². The Morgan fingerprint density at radius 3 is 2.35 bits per heavy atom. The van der Waals surface area contributed by atoms with Crippen molar-refractivity contribution in [2.45, 2.75) is 38.6 Å². The summed E-state index contributed by atoms with van der Waals surface area (Å²) in [5.41, 5.74) is 1.33. The second kappa shape index (κ2) is 9.28. The number of likely N-dealkylation sites (tertiary alicyclic amines) is 1. The molecule has 0 spiro atoms. The summed E-state index contributed by atoms with van der Waals surface area (Å²) in [6.45, 7) is 2.72. The molecule has 3 N–H and O–H groups in total. The van der Waals surface area contributed by atoms with Gasteiger partial charge in [-0.15, -0.1) is 0 Å². The topological polar surface area (TPSA) is 107 Å². The van der Waals surface area contributed by atoms with E-state index in [0.717, 1.165) is 42.7 Å². The van der Waals surface area contributed by atoms with Gasteiger partial charge in [0.1, 0.15) is 6.54 Å². The van der Waals surface area contributed by atoms with Crippen molar-refractivity contribution in [3.63, 3.8) is 0 Å². The predicted molar refractivity (Wildman–Crippen MR) is 118 cm³/mol. The number of carbonyl (C=O) groups is 1. The molecule has 162 valence electrons. The van der Waals surface area contributed by atoms with Crippen molar-refractivity contribution < 1.29 is 9.90 Å². The van der Waals surface area contributed by atoms with Crippen LogP contribution in [0.2, 0.25) is 0 Å². The first kappa shape index (κ1) is 21.0. The van der Waals surface area contributed by atoms with Crippen LogP contribution >= 0.6 is 0 Å². The lowest BCUT2D eigenvalue weighted by Gasteiger charge is -2.29. The minimum Gasteiger partial charge on any atom is -0.393 e. The third-order valence-corrected chi connectivity index (χ3v) is 5.66. The number of hydrogen-bond acceptors (Lipinski definition) is 5. The number of amides is 1. The van der Waals surface area contributed by atoms with Gasteiger partial charge in [-0.2, -0.15) is 0 Å². The summed E-state index contributed by atoms with van der Waals surface area (Å²) in [5.74, 6) is -0.357. The molecule has 1 fully saturated rings. The Kier molecular flexibility index (Phi) is 6.29. The lowest BCUT2D eigenvalue weighted by molar-refractivity contribution is -0.122. The van der Waals surface area contributed by atoms with Crippen molar-refractivity contribution in [1.29, 1.82) is 0 Å². The maximum atomic E-state index is 12.5. The number of aromatic amines is 1. The maximum absolute atomic E-state index is 12.5. The van der Waals surface area contributed by atoms with E-state index in [1.165, 1.54) is 5.56 Å². The highest BCUT2D eigenvalue weighted by Crippen LogP contribution is 2.14. The standard InChI is InChI=1S/C23H26N4O4/c28-18-9-11-26(12-10-18)14-17-7-5-16(6-8-17)13-24-21(29)15-27-23(31)20-4-2-1-3-19(20)22(30)25-27/h1-8,18,28H,9-15H2,(H,24,29)(H,25,30). The molecule has 1 amide bonds. The van der Waals surface area contributed by atoms with E-state index in [1.807, 2.05) is 24.3 Å². The Morgan fingerprint density at radius 2 is 1.65 bits per heavy atom. The molecule has 1 aromatic heterocycles. The Labute approximate surface area is 179 Å². The average Bonchev–Trinajstić information content (AvgIpc) is 2.78. The van der Waals surface area contributed by atoms with Gasteiger partial charge in [0.15, 0.2) is 0 Å². The SMILES string of the molecule is O=C(Cn1[nH]c(=O)c2ccccc2c1=O)NCc1ccc(CN2CCC(O)CC2)cc1. The molecular formula is C23H26N4O4. The summed E-state index contributed by atoms with van der Waals surface area (Å²) >= 11 is 0. The molecule has 0 aliphatic carbocycles. The quantitative estimate of drug-likeness (QED) is 0.549. The first-order valence-electron chi connectivity index (χ1n) is 10.5. The van der Waals surface area contributed by atoms with Gasteiger partial charge in [-0.1, -0.05) is 36.4 Å². The lowest BCUT2D eigenvalue weighted by atomic mass is 10.1. The molecule has 1 aliphatic rings. The molecule has 2 aromatic carbocycles. The van der Waals surface area contributed by atoms with Crippen molar-refractivity contribution in [2.75, 3.05) is 13.1 Å². The largest absolute Gasteiger partial charge is 0.393 e. The van der Waals surface area contributed by atoms with E-state index in [9.17, 15) is 19.5 Å². The number of fused-ring (bicyclic) bond motifs is 1. The van der Waals surface area contributed by atoms with Crippen LogP contribution in [0.15, 0.2) is 58.1 Å². The average molecular weight is 422 g/mol. The minimum atomic E-state index is -0.403. The zero-order valence-electron chi connectivity index (χ0n) is 17.2. The predicted octanol–water partition coefficient (Wildman–Crippen LogP) is 0.963. The number of nitrogens with one attached hydrogen (secondary N) is 2. The molecule has 2 heterocycles. The molecule has 1 saturated heterocycles. The van der Waals surface area contributed by atoms with E-state index >= 15 is 0 Å². The van der Waals surface area contributed by atoms with E-state index in [2.05, 4.69) is 15.3 Å². The van der Waals surface area contributed by atoms with E-state index in [0.29, 0.717) is 11.9 Å². The number of aromatic nitrogens is 2. The first-order chi connectivity index (χ1) is 15.0. The number of aliphatic hydroxyl groups is 1. The Hall–Kier alpha value is -3.23. The zero-order chi connectivity index (χ0) is 21.8. The number of rotatable bonds is 6. The molecule has 0 bridgehead atoms. The second-order valence-corrected chi connectivity index (χ2v) is 7.98. The van der Waals surface area contributed by atoms with Gasteiger partial charge >= 0.3 is 0 Å². The molecule has 0 unspecified atom stereocenters. The second-order valence-electron chi connectivity index (χ2n) is 7.98. The molecule has 3 aromatic rings. The molecule has 0 saturated carbocycles. The van der Waals surface area contributed by atoms with Gasteiger partial charge in [0.2, 0.25) is 5.91 Å². The van der Waals surface area contributed by atoms with Crippen LogP contribution in [0.4, 0.5) is 0 Å². The molecule has 8 nitrogen and oxygen atoms in total. The molecule has 1 aliphatic heterocycles. The number of hydrogen-bond donors (Lipinski definition) is 3. The van der Waals surface area contributed by atoms with Crippen LogP contribution in [-0.2, 0) is 24.4 Å². The van der Waals surface area contributed by atoms with Crippen LogP contribution in [0.1, 0.15) is 24.0 Å². The smallest absolute Gasteiger partial charge is 0.273 e. The zero-order valence-corrected chi connectivity index (χ0v) is 17.2. The van der Waals surface area contributed by atoms with Gasteiger partial charge in [0, 0.05) is 26.2 Å². The normalized spacial score (nSPS) is 15.3. The monoisotopic (exact) mass is 422 g/mol. The molecule has 8 heteroatoms. The number of piperidine rings is 1. The van der Waals surface area contributed by atoms with Crippen molar-refractivity contribution in [3.05, 3.63) is 80.4 Å². The summed E-state index contributed by atoms with van der Waals surface area (Å²) in [6, 6.07) is 14.6. The lowest BCUT2D eigenvalue weighted by Crippen LogP contribution is -2.36. The van der Waals surface area contributed by atoms with Crippen LogP contribution in [0, 0.1) is 0 Å². The summed E-state index contributed by atoms with van der Waals surface area (Å²) in [6.07, 6.45) is 1.45. The van der Waals surface area contributed by atoms with Gasteiger partial charge in [-0.25, -0.2) is 4.68 Å². The van der Waals surface area contributed by atoms with Crippen LogP contribution in [0.25, 0.3) is 10.8 Å². The van der Waals surface area contributed by atoms with Crippen molar-refractivity contribution in [1.82, 2.24) is 20.0 Å². The highest BCUT2D eigenvalue weighted by atomic mass is 16.3. The van der Waals surface area contributed by atoms with Gasteiger partial charge in [-0.05, 0) is 36.1 Å². The molecule has 4 rings (SSSR count). The van der Waals surface area contributed by atoms with Gasteiger partial charge in [-0.3, -0.25) is 24.4 Å². The first-order valence-corrected chi connectivity index (χ1v) is 10.5. The van der Waals surface area contributed by atoms with Crippen LogP contribution in [0.3, 0.4) is 0 Å². The Morgan fingerprint density at radius 1 is 1.00 bits per heavy atom. The fourth-order valence-electron chi connectivity index (χ4n) is 3.86. The molecule has 0 atom stereocenters. The van der Waals surface area contributed by atoms with Crippen LogP contribution in [0.5, 0.6) is 0 Å². The van der Waals surface area contributed by atoms with Gasteiger partial charge in [0.25, 0.3) is 11.1 Å². The fraction of sp³-hybridized carbons (Fsp3) is 0.348. The van der Waals surface area contributed by atoms with Crippen molar-refractivity contribution >= 4 is 16.7 Å². The number of aliphatic hydroxyl groups excluding tert-OH is 1. The van der Waals surface area contributed by atoms with E-state index in [4.69, 9.17) is 0 Å². The summed E-state index contributed by atoms with van der Waals surface area (Å²) in [4.78, 5) is 39.3. The third kappa shape index (κ3) is 5.10. The number of benzene rings is 2. The third-order valence-electron chi connectivity index (χ3n) is 5.66. The summed E-state index contributed by atoms with van der Waals surface area (Å²) in [5, 5.41) is 15.5. The number of carbonyl (C=O) groups excluding carboxylic acids is 1. The van der Waals surface area contributed by atoms with E-state index in [1.54, 1.807) is 24.3 Å². The van der Waals surface area contributed by atoms with Gasteiger partial charge < -0.3 is 10.4 Å². The molecule has 31 heavy (non-hydrogen) atoms. The van der Waals surface area contributed by atoms with E-state index < -0.39 is 11.1 Å². The summed E-state index contributed by atoms with van der Waals surface area (Å²) in [7, 11) is 0. The fourth-order valence-corrected chi connectivity index (χ4v) is 3.86.